The molecule has 6 nitrogen and oxygen atoms in total. The van der Waals surface area contributed by atoms with Gasteiger partial charge in [0.25, 0.3) is 5.91 Å². The van der Waals surface area contributed by atoms with Gasteiger partial charge in [-0.3, -0.25) is 4.79 Å². The smallest absolute Gasteiger partial charge is 0.348 e. The van der Waals surface area contributed by atoms with E-state index in [0.29, 0.717) is 11.3 Å². The van der Waals surface area contributed by atoms with Crippen LogP contribution >= 0.6 is 0 Å². The quantitative estimate of drug-likeness (QED) is 0.499. The van der Waals surface area contributed by atoms with Crippen LogP contribution < -0.4 is 10.1 Å². The molecule has 0 radical (unpaired) electrons. The molecule has 3 aromatic rings. The summed E-state index contributed by atoms with van der Waals surface area (Å²) in [4.78, 5) is 37.7. The number of anilines is 1. The van der Waals surface area contributed by atoms with E-state index in [1.165, 1.54) is 19.2 Å². The number of amides is 1. The van der Waals surface area contributed by atoms with Gasteiger partial charge in [-0.1, -0.05) is 35.4 Å². The number of carbonyl (C=O) groups is 3. The lowest BCUT2D eigenvalue weighted by Gasteiger charge is -2.12. The van der Waals surface area contributed by atoms with Crippen LogP contribution in [0.15, 0.2) is 66.7 Å². The Kier molecular flexibility index (Phi) is 6.27. The zero-order valence-electron chi connectivity index (χ0n) is 16.9. The summed E-state index contributed by atoms with van der Waals surface area (Å²) in [5, 5.41) is 2.70. The summed E-state index contributed by atoms with van der Waals surface area (Å²) in [5.74, 6) is -1.66. The third-order valence-corrected chi connectivity index (χ3v) is 4.41. The lowest BCUT2D eigenvalue weighted by Crippen LogP contribution is -2.18. The van der Waals surface area contributed by atoms with Crippen LogP contribution in [0, 0.1) is 13.8 Å². The van der Waals surface area contributed by atoms with Crippen LogP contribution in [0.25, 0.3) is 0 Å². The lowest BCUT2D eigenvalue weighted by molar-refractivity contribution is 0.0398. The van der Waals surface area contributed by atoms with Gasteiger partial charge in [-0.15, -0.1) is 0 Å². The number of rotatable bonds is 5. The molecular formula is C24H21NO5. The molecule has 0 aliphatic carbocycles. The van der Waals surface area contributed by atoms with Crippen LogP contribution in [0.2, 0.25) is 0 Å². The van der Waals surface area contributed by atoms with E-state index in [1.54, 1.807) is 42.5 Å². The Bertz CT molecular complexity index is 1120. The van der Waals surface area contributed by atoms with Crippen molar-refractivity contribution in [1.82, 2.24) is 0 Å². The van der Waals surface area contributed by atoms with Crippen molar-refractivity contribution in [1.29, 1.82) is 0 Å². The minimum atomic E-state index is -0.889. The zero-order chi connectivity index (χ0) is 21.7. The standard InChI is InChI=1S/C24H21NO5/c1-15-6-4-8-17(12-15)22(26)25-21-11-10-19(29-3)14-20(21)24(28)30-23(27)18-9-5-7-16(2)13-18/h4-14H,1-3H3,(H,25,26). The zero-order valence-corrected chi connectivity index (χ0v) is 16.9. The van der Waals surface area contributed by atoms with E-state index < -0.39 is 11.9 Å². The van der Waals surface area contributed by atoms with Crippen LogP contribution in [0.1, 0.15) is 42.2 Å². The van der Waals surface area contributed by atoms with Crippen LogP contribution in [-0.4, -0.2) is 25.0 Å². The first-order valence-electron chi connectivity index (χ1n) is 9.26. The SMILES string of the molecule is COc1ccc(NC(=O)c2cccc(C)c2)c(C(=O)OC(=O)c2cccc(C)c2)c1. The second-order valence-electron chi connectivity index (χ2n) is 6.78. The van der Waals surface area contributed by atoms with E-state index in [-0.39, 0.29) is 22.7 Å². The second kappa shape index (κ2) is 9.05. The molecule has 0 spiro atoms. The third kappa shape index (κ3) is 4.91. The molecule has 6 heteroatoms. The number of methoxy groups -OCH3 is 1. The van der Waals surface area contributed by atoms with Gasteiger partial charge in [-0.2, -0.15) is 0 Å². The summed E-state index contributed by atoms with van der Waals surface area (Å²) >= 11 is 0. The van der Waals surface area contributed by atoms with Gasteiger partial charge in [0.1, 0.15) is 5.75 Å². The maximum atomic E-state index is 12.7. The van der Waals surface area contributed by atoms with E-state index in [2.05, 4.69) is 5.32 Å². The molecule has 0 aliphatic heterocycles. The molecule has 0 bridgehead atoms. The van der Waals surface area contributed by atoms with Gasteiger partial charge in [0, 0.05) is 5.56 Å². The van der Waals surface area contributed by atoms with Gasteiger partial charge in [0.2, 0.25) is 0 Å². The van der Waals surface area contributed by atoms with E-state index in [0.717, 1.165) is 11.1 Å². The summed E-state index contributed by atoms with van der Waals surface area (Å²) in [6, 6.07) is 18.3. The summed E-state index contributed by atoms with van der Waals surface area (Å²) in [6.07, 6.45) is 0. The number of esters is 2. The van der Waals surface area contributed by atoms with Crippen molar-refractivity contribution < 1.29 is 23.9 Å². The highest BCUT2D eigenvalue weighted by atomic mass is 16.6. The summed E-state index contributed by atoms with van der Waals surface area (Å²) < 4.78 is 10.2. The van der Waals surface area contributed by atoms with Crippen LogP contribution in [0.5, 0.6) is 5.75 Å². The molecule has 0 unspecified atom stereocenters. The fourth-order valence-corrected chi connectivity index (χ4v) is 2.88. The van der Waals surface area contributed by atoms with Crippen molar-refractivity contribution in [3.8, 4) is 5.75 Å². The first-order chi connectivity index (χ1) is 14.4. The average molecular weight is 403 g/mol. The molecule has 0 aromatic heterocycles. The third-order valence-electron chi connectivity index (χ3n) is 4.41. The highest BCUT2D eigenvalue weighted by Gasteiger charge is 2.21. The lowest BCUT2D eigenvalue weighted by atomic mass is 10.1. The van der Waals surface area contributed by atoms with E-state index in [1.807, 2.05) is 26.0 Å². The van der Waals surface area contributed by atoms with Crippen LogP contribution in [0.3, 0.4) is 0 Å². The maximum Gasteiger partial charge on any atom is 0.348 e. The van der Waals surface area contributed by atoms with Crippen molar-refractivity contribution in [2.45, 2.75) is 13.8 Å². The molecule has 0 aliphatic rings. The molecule has 0 atom stereocenters. The molecule has 3 rings (SSSR count). The minimum absolute atomic E-state index is 0.0105. The van der Waals surface area contributed by atoms with Gasteiger partial charge in [-0.05, 0) is 56.3 Å². The Morgan fingerprint density at radius 2 is 1.40 bits per heavy atom. The fourth-order valence-electron chi connectivity index (χ4n) is 2.88. The monoisotopic (exact) mass is 403 g/mol. The van der Waals surface area contributed by atoms with E-state index in [9.17, 15) is 14.4 Å². The number of carbonyl (C=O) groups excluding carboxylic acids is 3. The number of aryl methyl sites for hydroxylation is 2. The summed E-state index contributed by atoms with van der Waals surface area (Å²) in [5.41, 5.74) is 2.73. The number of benzene rings is 3. The molecule has 0 saturated carbocycles. The van der Waals surface area contributed by atoms with Gasteiger partial charge in [-0.25, -0.2) is 9.59 Å². The predicted molar refractivity (Wildman–Crippen MR) is 113 cm³/mol. The van der Waals surface area contributed by atoms with Crippen LogP contribution in [0.4, 0.5) is 5.69 Å². The Morgan fingerprint density at radius 3 is 2.03 bits per heavy atom. The van der Waals surface area contributed by atoms with Crippen molar-refractivity contribution in [3.05, 3.63) is 94.5 Å². The molecule has 3 aromatic carbocycles. The predicted octanol–water partition coefficient (Wildman–Crippen LogP) is 4.56. The van der Waals surface area contributed by atoms with Crippen molar-refractivity contribution in [2.75, 3.05) is 12.4 Å². The first-order valence-corrected chi connectivity index (χ1v) is 9.26. The molecular weight excluding hydrogens is 382 g/mol. The summed E-state index contributed by atoms with van der Waals surface area (Å²) in [6.45, 7) is 3.71. The Hall–Kier alpha value is -3.93. The molecule has 0 heterocycles. The average Bonchev–Trinajstić information content (AvgIpc) is 2.73. The molecule has 1 amide bonds. The highest BCUT2D eigenvalue weighted by Crippen LogP contribution is 2.24. The van der Waals surface area contributed by atoms with E-state index in [4.69, 9.17) is 9.47 Å². The topological polar surface area (TPSA) is 81.7 Å². The largest absolute Gasteiger partial charge is 0.497 e. The molecule has 152 valence electrons. The fraction of sp³-hybridized carbons (Fsp3) is 0.125. The Balaban J connectivity index is 1.86. The first kappa shape index (κ1) is 20.8. The van der Waals surface area contributed by atoms with Gasteiger partial charge >= 0.3 is 11.9 Å². The number of hydrogen-bond acceptors (Lipinski definition) is 5. The Labute approximate surface area is 174 Å². The highest BCUT2D eigenvalue weighted by molar-refractivity contribution is 6.10. The maximum absolute atomic E-state index is 12.7. The second-order valence-corrected chi connectivity index (χ2v) is 6.78. The molecule has 1 N–H and O–H groups in total. The normalized spacial score (nSPS) is 10.2. The van der Waals surface area contributed by atoms with Gasteiger partial charge < -0.3 is 14.8 Å². The number of ether oxygens (including phenoxy) is 2. The molecule has 0 saturated heterocycles. The van der Waals surface area contributed by atoms with Gasteiger partial charge in [0.15, 0.2) is 0 Å². The molecule has 30 heavy (non-hydrogen) atoms. The minimum Gasteiger partial charge on any atom is -0.497 e. The van der Waals surface area contributed by atoms with E-state index >= 15 is 0 Å². The number of hydrogen-bond donors (Lipinski definition) is 1. The van der Waals surface area contributed by atoms with Crippen molar-refractivity contribution in [3.63, 3.8) is 0 Å². The van der Waals surface area contributed by atoms with Crippen LogP contribution in [-0.2, 0) is 4.74 Å². The summed E-state index contributed by atoms with van der Waals surface area (Å²) in [7, 11) is 1.45. The number of nitrogens with one attached hydrogen (secondary N) is 1. The Morgan fingerprint density at radius 1 is 0.767 bits per heavy atom. The van der Waals surface area contributed by atoms with Crippen molar-refractivity contribution in [2.24, 2.45) is 0 Å². The molecule has 0 fully saturated rings. The van der Waals surface area contributed by atoms with Gasteiger partial charge in [0.05, 0.1) is 23.9 Å². The van der Waals surface area contributed by atoms with Crippen molar-refractivity contribution >= 4 is 23.5 Å².